The number of carboxylic acids is 1. The Labute approximate surface area is 119 Å². The van der Waals surface area contributed by atoms with E-state index >= 15 is 0 Å². The van der Waals surface area contributed by atoms with Crippen LogP contribution in [0.15, 0.2) is 29.2 Å². The van der Waals surface area contributed by atoms with Crippen molar-refractivity contribution in [2.75, 3.05) is 6.61 Å². The summed E-state index contributed by atoms with van der Waals surface area (Å²) in [6.45, 7) is 5.12. The van der Waals surface area contributed by atoms with Crippen LogP contribution in [-0.4, -0.2) is 26.1 Å². The molecule has 0 aliphatic carbocycles. The third-order valence-corrected chi connectivity index (χ3v) is 4.66. The highest BCUT2D eigenvalue weighted by molar-refractivity contribution is 7.86. The molecule has 6 heteroatoms. The topological polar surface area (TPSA) is 80.7 Å². The third kappa shape index (κ3) is 4.31. The molecule has 1 aromatic rings. The zero-order valence-electron chi connectivity index (χ0n) is 11.9. The Balaban J connectivity index is 2.81. The van der Waals surface area contributed by atoms with Crippen molar-refractivity contribution in [3.8, 4) is 0 Å². The van der Waals surface area contributed by atoms with Gasteiger partial charge in [-0.25, -0.2) is 0 Å². The van der Waals surface area contributed by atoms with Gasteiger partial charge in [-0.3, -0.25) is 8.98 Å². The summed E-state index contributed by atoms with van der Waals surface area (Å²) in [7, 11) is -3.91. The van der Waals surface area contributed by atoms with Crippen molar-refractivity contribution < 1.29 is 22.5 Å². The van der Waals surface area contributed by atoms with Crippen LogP contribution in [-0.2, 0) is 19.1 Å². The lowest BCUT2D eigenvalue weighted by Gasteiger charge is -2.18. The summed E-state index contributed by atoms with van der Waals surface area (Å²) in [4.78, 5) is 11.2. The molecule has 0 aliphatic heterocycles. The lowest BCUT2D eigenvalue weighted by molar-refractivity contribution is -0.144. The van der Waals surface area contributed by atoms with Crippen molar-refractivity contribution in [2.24, 2.45) is 11.8 Å². The second-order valence-electron chi connectivity index (χ2n) is 4.88. The lowest BCUT2D eigenvalue weighted by atomic mass is 9.93. The van der Waals surface area contributed by atoms with Gasteiger partial charge >= 0.3 is 5.97 Å². The van der Waals surface area contributed by atoms with E-state index in [1.807, 2.05) is 13.8 Å². The third-order valence-electron chi connectivity index (χ3n) is 3.36. The van der Waals surface area contributed by atoms with Gasteiger partial charge in [0.25, 0.3) is 10.1 Å². The number of carboxylic acid groups (broad SMARTS) is 1. The molecule has 0 heterocycles. The molecular weight excluding hydrogens is 280 g/mol. The lowest BCUT2D eigenvalue weighted by Crippen LogP contribution is -2.27. The summed E-state index contributed by atoms with van der Waals surface area (Å²) in [5, 5.41) is 9.10. The molecule has 112 valence electrons. The summed E-state index contributed by atoms with van der Waals surface area (Å²) < 4.78 is 28.8. The predicted octanol–water partition coefficient (Wildman–Crippen LogP) is 2.45. The minimum atomic E-state index is -3.91. The van der Waals surface area contributed by atoms with E-state index < -0.39 is 22.0 Å². The van der Waals surface area contributed by atoms with Gasteiger partial charge in [0.2, 0.25) is 0 Å². The molecule has 0 spiro atoms. The summed E-state index contributed by atoms with van der Waals surface area (Å²) in [5.41, 5.74) is 0.937. The molecule has 20 heavy (non-hydrogen) atoms. The van der Waals surface area contributed by atoms with Crippen LogP contribution in [0.4, 0.5) is 0 Å². The Hall–Kier alpha value is -1.40. The Kier molecular flexibility index (Phi) is 5.71. The van der Waals surface area contributed by atoms with Crippen LogP contribution in [0, 0.1) is 18.8 Å². The first-order valence-electron chi connectivity index (χ1n) is 6.46. The Morgan fingerprint density at radius 1 is 1.30 bits per heavy atom. The van der Waals surface area contributed by atoms with Gasteiger partial charge in [0.05, 0.1) is 17.4 Å². The maximum Gasteiger partial charge on any atom is 0.309 e. The van der Waals surface area contributed by atoms with Gasteiger partial charge < -0.3 is 5.11 Å². The summed E-state index contributed by atoms with van der Waals surface area (Å²) in [6.07, 6.45) is 0.644. The number of carbonyl (C=O) groups is 1. The first-order chi connectivity index (χ1) is 9.27. The van der Waals surface area contributed by atoms with E-state index in [2.05, 4.69) is 0 Å². The predicted molar refractivity (Wildman–Crippen MR) is 74.9 cm³/mol. The largest absolute Gasteiger partial charge is 0.481 e. The molecule has 1 rings (SSSR count). The Bertz CT molecular complexity index is 547. The fraction of sp³-hybridized carbons (Fsp3) is 0.500. The highest BCUT2D eigenvalue weighted by atomic mass is 32.2. The first kappa shape index (κ1) is 16.7. The van der Waals surface area contributed by atoms with Gasteiger partial charge in [0.15, 0.2) is 0 Å². The van der Waals surface area contributed by atoms with Crippen molar-refractivity contribution in [2.45, 2.75) is 32.1 Å². The second-order valence-corrected chi connectivity index (χ2v) is 6.50. The van der Waals surface area contributed by atoms with Crippen LogP contribution in [0.2, 0.25) is 0 Å². The minimum absolute atomic E-state index is 0.0383. The SMILES string of the molecule is CCC(C)[C@@H](COS(=O)(=O)c1ccc(C)cc1)C(=O)O. The molecule has 0 radical (unpaired) electrons. The molecule has 0 saturated carbocycles. The molecule has 0 fully saturated rings. The van der Waals surface area contributed by atoms with Crippen molar-refractivity contribution >= 4 is 16.1 Å². The number of aryl methyl sites for hydroxylation is 1. The van der Waals surface area contributed by atoms with Crippen LogP contribution >= 0.6 is 0 Å². The first-order valence-corrected chi connectivity index (χ1v) is 7.87. The van der Waals surface area contributed by atoms with Crippen molar-refractivity contribution in [3.05, 3.63) is 29.8 Å². The van der Waals surface area contributed by atoms with Crippen LogP contribution in [0.5, 0.6) is 0 Å². The van der Waals surface area contributed by atoms with E-state index in [1.165, 1.54) is 12.1 Å². The second kappa shape index (κ2) is 6.85. The highest BCUT2D eigenvalue weighted by Crippen LogP contribution is 2.19. The molecule has 2 atom stereocenters. The van der Waals surface area contributed by atoms with Crippen LogP contribution in [0.1, 0.15) is 25.8 Å². The summed E-state index contributed by atoms with van der Waals surface area (Å²) in [6, 6.07) is 6.23. The van der Waals surface area contributed by atoms with Gasteiger partial charge in [-0.2, -0.15) is 8.42 Å². The molecule has 0 aliphatic rings. The normalized spacial score (nSPS) is 14.8. The number of hydrogen-bond donors (Lipinski definition) is 1. The highest BCUT2D eigenvalue weighted by Gasteiger charge is 2.27. The standard InChI is InChI=1S/C14H20O5S/c1-4-11(3)13(14(15)16)9-19-20(17,18)12-7-5-10(2)6-8-12/h5-8,11,13H,4,9H2,1-3H3,(H,15,16)/t11?,13-/m1/s1. The quantitative estimate of drug-likeness (QED) is 0.782. The van der Waals surface area contributed by atoms with Crippen LogP contribution < -0.4 is 0 Å². The van der Waals surface area contributed by atoms with Gasteiger partial charge in [0.1, 0.15) is 0 Å². The van der Waals surface area contributed by atoms with Crippen LogP contribution in [0.3, 0.4) is 0 Å². The molecule has 1 aromatic carbocycles. The van der Waals surface area contributed by atoms with E-state index in [0.717, 1.165) is 5.56 Å². The fourth-order valence-electron chi connectivity index (χ4n) is 1.70. The zero-order valence-corrected chi connectivity index (χ0v) is 12.7. The number of benzene rings is 1. The molecule has 0 saturated heterocycles. The van der Waals surface area contributed by atoms with Gasteiger partial charge in [-0.15, -0.1) is 0 Å². The van der Waals surface area contributed by atoms with Gasteiger partial charge in [-0.05, 0) is 25.0 Å². The molecule has 1 unspecified atom stereocenters. The molecule has 0 bridgehead atoms. The average molecular weight is 300 g/mol. The Morgan fingerprint density at radius 2 is 1.85 bits per heavy atom. The average Bonchev–Trinajstić information content (AvgIpc) is 2.38. The smallest absolute Gasteiger partial charge is 0.309 e. The van der Waals surface area contributed by atoms with Gasteiger partial charge in [0, 0.05) is 0 Å². The van der Waals surface area contributed by atoms with E-state index in [9.17, 15) is 13.2 Å². The number of aliphatic carboxylic acids is 1. The van der Waals surface area contributed by atoms with E-state index in [1.54, 1.807) is 19.1 Å². The number of hydrogen-bond acceptors (Lipinski definition) is 4. The number of rotatable bonds is 7. The van der Waals surface area contributed by atoms with E-state index in [0.29, 0.717) is 6.42 Å². The van der Waals surface area contributed by atoms with Crippen molar-refractivity contribution in [1.82, 2.24) is 0 Å². The van der Waals surface area contributed by atoms with E-state index in [-0.39, 0.29) is 17.4 Å². The van der Waals surface area contributed by atoms with Crippen LogP contribution in [0.25, 0.3) is 0 Å². The maximum absolute atomic E-state index is 12.0. The minimum Gasteiger partial charge on any atom is -0.481 e. The Morgan fingerprint density at radius 3 is 2.30 bits per heavy atom. The zero-order chi connectivity index (χ0) is 15.3. The van der Waals surface area contributed by atoms with Crippen molar-refractivity contribution in [1.29, 1.82) is 0 Å². The molecular formula is C14H20O5S. The van der Waals surface area contributed by atoms with E-state index in [4.69, 9.17) is 9.29 Å². The molecule has 0 aromatic heterocycles. The molecule has 1 N–H and O–H groups in total. The fourth-order valence-corrected chi connectivity index (χ4v) is 2.63. The molecule has 5 nitrogen and oxygen atoms in total. The summed E-state index contributed by atoms with van der Waals surface area (Å²) in [5.74, 6) is -2.03. The van der Waals surface area contributed by atoms with Crippen molar-refractivity contribution in [3.63, 3.8) is 0 Å². The molecule has 0 amide bonds. The van der Waals surface area contributed by atoms with Gasteiger partial charge in [-0.1, -0.05) is 38.0 Å². The monoisotopic (exact) mass is 300 g/mol. The summed E-state index contributed by atoms with van der Waals surface area (Å²) >= 11 is 0. The maximum atomic E-state index is 12.0.